The lowest BCUT2D eigenvalue weighted by Gasteiger charge is -2.30. The van der Waals surface area contributed by atoms with E-state index in [9.17, 15) is 0 Å². The van der Waals surface area contributed by atoms with Gasteiger partial charge in [-0.3, -0.25) is 0 Å². The molecule has 1 fully saturated rings. The molecule has 0 amide bonds. The maximum Gasteiger partial charge on any atom is 0.166 e. The molecule has 1 aliphatic rings. The van der Waals surface area contributed by atoms with Crippen LogP contribution in [0.4, 0.5) is 0 Å². The summed E-state index contributed by atoms with van der Waals surface area (Å²) in [6, 6.07) is 8.53. The monoisotopic (exact) mass is 292 g/mol. The van der Waals surface area contributed by atoms with Gasteiger partial charge in [0, 0.05) is 18.2 Å². The maximum atomic E-state index is 5.40. The molecule has 1 aromatic rings. The Bertz CT molecular complexity index is 450. The third-order valence-electron chi connectivity index (χ3n) is 4.06. The number of thiocarbonyl (C=S) groups is 1. The van der Waals surface area contributed by atoms with Gasteiger partial charge in [-0.2, -0.15) is 0 Å². The van der Waals surface area contributed by atoms with Gasteiger partial charge in [0.05, 0.1) is 7.11 Å². The molecule has 0 unspecified atom stereocenters. The zero-order valence-electron chi connectivity index (χ0n) is 12.3. The van der Waals surface area contributed by atoms with Crippen molar-refractivity contribution in [3.05, 3.63) is 29.8 Å². The first-order valence-corrected chi connectivity index (χ1v) is 7.78. The Labute approximate surface area is 127 Å². The highest BCUT2D eigenvalue weighted by Gasteiger charge is 2.21. The molecule has 0 spiro atoms. The minimum absolute atomic E-state index is 0.515. The van der Waals surface area contributed by atoms with Crippen molar-refractivity contribution in [2.75, 3.05) is 7.11 Å². The summed E-state index contributed by atoms with van der Waals surface area (Å²) in [5.74, 6) is 1.60. The summed E-state index contributed by atoms with van der Waals surface area (Å²) < 4.78 is 5.34. The molecule has 0 aromatic heterocycles. The van der Waals surface area contributed by atoms with Crippen molar-refractivity contribution in [3.8, 4) is 5.75 Å². The first kappa shape index (κ1) is 15.1. The van der Waals surface area contributed by atoms with Gasteiger partial charge in [-0.1, -0.05) is 38.0 Å². The molecule has 110 valence electrons. The molecule has 2 atom stereocenters. The van der Waals surface area contributed by atoms with Crippen LogP contribution in [0.5, 0.6) is 5.75 Å². The highest BCUT2D eigenvalue weighted by molar-refractivity contribution is 7.80. The van der Waals surface area contributed by atoms with Gasteiger partial charge in [0.2, 0.25) is 0 Å². The predicted octanol–water partition coefficient (Wildman–Crippen LogP) is 3.24. The van der Waals surface area contributed by atoms with Crippen LogP contribution in [-0.2, 0) is 6.54 Å². The SMILES string of the molecule is COc1ccccc1CNC(=S)N[C@@H]1CCCC[C@H]1C. The third-order valence-corrected chi connectivity index (χ3v) is 4.32. The number of para-hydroxylation sites is 1. The second kappa shape index (κ2) is 7.48. The van der Waals surface area contributed by atoms with Crippen LogP contribution in [0.2, 0.25) is 0 Å². The van der Waals surface area contributed by atoms with Gasteiger partial charge in [0.15, 0.2) is 5.11 Å². The highest BCUT2D eigenvalue weighted by atomic mass is 32.1. The van der Waals surface area contributed by atoms with E-state index >= 15 is 0 Å². The Morgan fingerprint density at radius 1 is 1.30 bits per heavy atom. The van der Waals surface area contributed by atoms with Crippen molar-refractivity contribution in [2.24, 2.45) is 5.92 Å². The van der Waals surface area contributed by atoms with Crippen molar-refractivity contribution in [3.63, 3.8) is 0 Å². The fraction of sp³-hybridized carbons (Fsp3) is 0.562. The zero-order valence-corrected chi connectivity index (χ0v) is 13.1. The number of rotatable bonds is 4. The number of hydrogen-bond donors (Lipinski definition) is 2. The van der Waals surface area contributed by atoms with E-state index in [0.29, 0.717) is 18.5 Å². The molecule has 3 nitrogen and oxygen atoms in total. The summed E-state index contributed by atoms with van der Waals surface area (Å²) >= 11 is 5.40. The Kier molecular flexibility index (Phi) is 5.65. The van der Waals surface area contributed by atoms with Crippen molar-refractivity contribution in [1.29, 1.82) is 0 Å². The van der Waals surface area contributed by atoms with Crippen molar-refractivity contribution in [1.82, 2.24) is 10.6 Å². The van der Waals surface area contributed by atoms with E-state index in [1.807, 2.05) is 18.2 Å². The van der Waals surface area contributed by atoms with Crippen LogP contribution in [0.1, 0.15) is 38.2 Å². The molecule has 4 heteroatoms. The van der Waals surface area contributed by atoms with Crippen LogP contribution < -0.4 is 15.4 Å². The topological polar surface area (TPSA) is 33.3 Å². The third kappa shape index (κ3) is 4.10. The summed E-state index contributed by atoms with van der Waals surface area (Å²) in [6.45, 7) is 3.00. The van der Waals surface area contributed by atoms with Crippen molar-refractivity contribution in [2.45, 2.75) is 45.2 Å². The molecule has 0 aliphatic heterocycles. The van der Waals surface area contributed by atoms with Crippen LogP contribution in [-0.4, -0.2) is 18.3 Å². The molecule has 1 aliphatic carbocycles. The van der Waals surface area contributed by atoms with Crippen molar-refractivity contribution < 1.29 is 4.74 Å². The summed E-state index contributed by atoms with van der Waals surface area (Å²) in [5.41, 5.74) is 1.12. The lowest BCUT2D eigenvalue weighted by Crippen LogP contribution is -2.45. The molecule has 0 bridgehead atoms. The average molecular weight is 292 g/mol. The Morgan fingerprint density at radius 2 is 2.05 bits per heavy atom. The zero-order chi connectivity index (χ0) is 14.4. The van der Waals surface area contributed by atoms with E-state index in [-0.39, 0.29) is 0 Å². The van der Waals surface area contributed by atoms with Crippen LogP contribution in [0, 0.1) is 5.92 Å². The van der Waals surface area contributed by atoms with E-state index in [2.05, 4.69) is 23.6 Å². The summed E-state index contributed by atoms with van der Waals surface area (Å²) in [6.07, 6.45) is 5.17. The predicted molar refractivity (Wildman–Crippen MR) is 87.0 cm³/mol. The van der Waals surface area contributed by atoms with Gasteiger partial charge in [0.25, 0.3) is 0 Å². The summed E-state index contributed by atoms with van der Waals surface area (Å²) in [4.78, 5) is 0. The lowest BCUT2D eigenvalue weighted by molar-refractivity contribution is 0.308. The van der Waals surface area contributed by atoms with E-state index in [0.717, 1.165) is 16.4 Å². The fourth-order valence-electron chi connectivity index (χ4n) is 2.77. The smallest absolute Gasteiger partial charge is 0.166 e. The van der Waals surface area contributed by atoms with E-state index in [1.54, 1.807) is 7.11 Å². The minimum Gasteiger partial charge on any atom is -0.496 e. The Balaban J connectivity index is 1.82. The van der Waals surface area contributed by atoms with Gasteiger partial charge in [-0.25, -0.2) is 0 Å². The van der Waals surface area contributed by atoms with E-state index in [4.69, 9.17) is 17.0 Å². The number of ether oxygens (including phenoxy) is 1. The van der Waals surface area contributed by atoms with Gasteiger partial charge < -0.3 is 15.4 Å². The second-order valence-corrected chi connectivity index (χ2v) is 5.92. The van der Waals surface area contributed by atoms with Crippen molar-refractivity contribution >= 4 is 17.3 Å². The van der Waals surface area contributed by atoms with Crippen LogP contribution in [0.25, 0.3) is 0 Å². The van der Waals surface area contributed by atoms with Crippen LogP contribution in [0.3, 0.4) is 0 Å². The largest absolute Gasteiger partial charge is 0.496 e. The maximum absolute atomic E-state index is 5.40. The molecule has 0 heterocycles. The minimum atomic E-state index is 0.515. The lowest BCUT2D eigenvalue weighted by atomic mass is 9.86. The Hall–Kier alpha value is -1.29. The molecule has 1 saturated carbocycles. The van der Waals surface area contributed by atoms with Crippen LogP contribution >= 0.6 is 12.2 Å². The number of methoxy groups -OCH3 is 1. The quantitative estimate of drug-likeness (QED) is 0.835. The van der Waals surface area contributed by atoms with Gasteiger partial charge in [0.1, 0.15) is 5.75 Å². The first-order chi connectivity index (χ1) is 9.70. The number of nitrogens with one attached hydrogen (secondary N) is 2. The standard InChI is InChI=1S/C16H24N2OS/c1-12-7-3-5-9-14(12)18-16(20)17-11-13-8-4-6-10-15(13)19-2/h4,6,8,10,12,14H,3,5,7,9,11H2,1-2H3,(H2,17,18,20)/t12-,14-/m1/s1. The molecular weight excluding hydrogens is 268 g/mol. The van der Waals surface area contributed by atoms with Gasteiger partial charge in [-0.05, 0) is 37.0 Å². The highest BCUT2D eigenvalue weighted by Crippen LogP contribution is 2.23. The molecule has 2 rings (SSSR count). The molecule has 1 aromatic carbocycles. The van der Waals surface area contributed by atoms with E-state index in [1.165, 1.54) is 25.7 Å². The second-order valence-electron chi connectivity index (χ2n) is 5.51. The summed E-state index contributed by atoms with van der Waals surface area (Å²) in [7, 11) is 1.69. The fourth-order valence-corrected chi connectivity index (χ4v) is 3.00. The molecule has 0 saturated heterocycles. The molecule has 0 radical (unpaired) electrons. The normalized spacial score (nSPS) is 22.1. The van der Waals surface area contributed by atoms with E-state index < -0.39 is 0 Å². The van der Waals surface area contributed by atoms with Gasteiger partial charge >= 0.3 is 0 Å². The number of benzene rings is 1. The molecular formula is C16H24N2OS. The molecule has 2 N–H and O–H groups in total. The average Bonchev–Trinajstić information content (AvgIpc) is 2.48. The Morgan fingerprint density at radius 3 is 2.80 bits per heavy atom. The first-order valence-electron chi connectivity index (χ1n) is 7.37. The summed E-state index contributed by atoms with van der Waals surface area (Å²) in [5, 5.41) is 7.48. The van der Waals surface area contributed by atoms with Gasteiger partial charge in [-0.15, -0.1) is 0 Å². The van der Waals surface area contributed by atoms with Crippen LogP contribution in [0.15, 0.2) is 24.3 Å². The molecule has 20 heavy (non-hydrogen) atoms. The number of hydrogen-bond acceptors (Lipinski definition) is 2.